The Labute approximate surface area is 197 Å². The number of rotatable bonds is 6. The maximum Gasteiger partial charge on any atom is 0.261 e. The van der Waals surface area contributed by atoms with Gasteiger partial charge in [-0.15, -0.1) is 0 Å². The zero-order valence-corrected chi connectivity index (χ0v) is 20.1. The molecule has 1 N–H and O–H groups in total. The average molecular weight is 484 g/mol. The zero-order chi connectivity index (χ0) is 23.8. The van der Waals surface area contributed by atoms with Crippen LogP contribution in [0, 0.1) is 27.7 Å². The van der Waals surface area contributed by atoms with Crippen LogP contribution in [-0.2, 0) is 10.0 Å². The lowest BCUT2D eigenvalue weighted by Gasteiger charge is -2.11. The van der Waals surface area contributed by atoms with Crippen LogP contribution in [0.2, 0.25) is 5.02 Å². The summed E-state index contributed by atoms with van der Waals surface area (Å²) >= 11 is 5.83. The standard InChI is InChI=1S/C23H22ClN5O3S/c1-14-15(2)27-29(16(14)3)22-13-23(26-17(4)25-22)32-20-9-7-19(8-10-20)28-33(30,31)21-11-5-18(24)6-12-21/h5-13,28H,1-4H3. The number of halogens is 1. The summed E-state index contributed by atoms with van der Waals surface area (Å²) in [6.07, 6.45) is 0. The lowest BCUT2D eigenvalue weighted by molar-refractivity contribution is 0.459. The van der Waals surface area contributed by atoms with Crippen LogP contribution in [0.15, 0.2) is 59.5 Å². The van der Waals surface area contributed by atoms with Gasteiger partial charge in [-0.05, 0) is 81.8 Å². The maximum absolute atomic E-state index is 12.5. The minimum atomic E-state index is -3.73. The van der Waals surface area contributed by atoms with E-state index in [1.165, 1.54) is 24.3 Å². The Morgan fingerprint density at radius 1 is 0.939 bits per heavy atom. The largest absolute Gasteiger partial charge is 0.439 e. The Balaban J connectivity index is 1.53. The molecular formula is C23H22ClN5O3S. The number of anilines is 1. The van der Waals surface area contributed by atoms with Crippen LogP contribution in [0.25, 0.3) is 5.82 Å². The third-order valence-corrected chi connectivity index (χ3v) is 6.77. The molecule has 8 nitrogen and oxygen atoms in total. The van der Waals surface area contributed by atoms with E-state index in [1.807, 2.05) is 20.8 Å². The van der Waals surface area contributed by atoms with Crippen molar-refractivity contribution < 1.29 is 13.2 Å². The van der Waals surface area contributed by atoms with Crippen LogP contribution >= 0.6 is 11.6 Å². The van der Waals surface area contributed by atoms with E-state index in [1.54, 1.807) is 41.9 Å². The minimum Gasteiger partial charge on any atom is -0.439 e. The summed E-state index contributed by atoms with van der Waals surface area (Å²) < 4.78 is 35.3. The van der Waals surface area contributed by atoms with E-state index in [-0.39, 0.29) is 4.90 Å². The molecular weight excluding hydrogens is 462 g/mol. The summed E-state index contributed by atoms with van der Waals surface area (Å²) in [6.45, 7) is 7.73. The molecule has 0 bridgehead atoms. The quantitative estimate of drug-likeness (QED) is 0.407. The van der Waals surface area contributed by atoms with Gasteiger partial charge in [-0.1, -0.05) is 11.6 Å². The molecule has 0 spiro atoms. The van der Waals surface area contributed by atoms with Crippen LogP contribution < -0.4 is 9.46 Å². The highest BCUT2D eigenvalue weighted by Gasteiger charge is 2.15. The normalized spacial score (nSPS) is 11.4. The van der Waals surface area contributed by atoms with Gasteiger partial charge in [0.15, 0.2) is 5.82 Å². The molecule has 0 aliphatic heterocycles. The molecule has 2 heterocycles. The lowest BCUT2D eigenvalue weighted by atomic mass is 10.2. The summed E-state index contributed by atoms with van der Waals surface area (Å²) in [5.41, 5.74) is 3.43. The zero-order valence-electron chi connectivity index (χ0n) is 18.5. The Morgan fingerprint density at radius 2 is 1.61 bits per heavy atom. The fourth-order valence-electron chi connectivity index (χ4n) is 3.17. The van der Waals surface area contributed by atoms with Crippen LogP contribution in [0.3, 0.4) is 0 Å². The van der Waals surface area contributed by atoms with Crippen molar-refractivity contribution in [1.29, 1.82) is 0 Å². The number of ether oxygens (including phenoxy) is 1. The topological polar surface area (TPSA) is 99.0 Å². The molecule has 0 amide bonds. The van der Waals surface area contributed by atoms with Crippen LogP contribution in [-0.4, -0.2) is 28.2 Å². The molecule has 2 aromatic carbocycles. The van der Waals surface area contributed by atoms with Gasteiger partial charge in [0.05, 0.1) is 10.6 Å². The molecule has 0 saturated carbocycles. The first-order valence-electron chi connectivity index (χ1n) is 10.1. The second-order valence-electron chi connectivity index (χ2n) is 7.51. The number of sulfonamides is 1. The molecule has 10 heteroatoms. The number of aryl methyl sites for hydroxylation is 2. The Morgan fingerprint density at radius 3 is 2.21 bits per heavy atom. The third kappa shape index (κ3) is 4.99. The highest BCUT2D eigenvalue weighted by molar-refractivity contribution is 7.92. The summed E-state index contributed by atoms with van der Waals surface area (Å²) in [6, 6.07) is 14.2. The molecule has 0 saturated heterocycles. The molecule has 0 radical (unpaired) electrons. The third-order valence-electron chi connectivity index (χ3n) is 5.12. The van der Waals surface area contributed by atoms with E-state index < -0.39 is 10.0 Å². The van der Waals surface area contributed by atoms with Crippen LogP contribution in [0.1, 0.15) is 22.8 Å². The number of aromatic nitrogens is 4. The van der Waals surface area contributed by atoms with Crippen LogP contribution in [0.5, 0.6) is 11.6 Å². The van der Waals surface area contributed by atoms with Crippen molar-refractivity contribution in [1.82, 2.24) is 19.7 Å². The predicted octanol–water partition coefficient (Wildman–Crippen LogP) is 5.14. The maximum atomic E-state index is 12.5. The highest BCUT2D eigenvalue weighted by Crippen LogP contribution is 2.25. The molecule has 4 rings (SSSR count). The van der Waals surface area contributed by atoms with E-state index in [0.717, 1.165) is 17.0 Å². The second-order valence-corrected chi connectivity index (χ2v) is 9.62. The second kappa shape index (κ2) is 8.84. The fourth-order valence-corrected chi connectivity index (χ4v) is 4.35. The summed E-state index contributed by atoms with van der Waals surface area (Å²) in [5.74, 6) is 2.01. The molecule has 0 aliphatic rings. The highest BCUT2D eigenvalue weighted by atomic mass is 35.5. The van der Waals surface area contributed by atoms with E-state index >= 15 is 0 Å². The monoisotopic (exact) mass is 483 g/mol. The molecule has 170 valence electrons. The number of nitrogens with one attached hydrogen (secondary N) is 1. The molecule has 0 unspecified atom stereocenters. The van der Waals surface area contributed by atoms with Gasteiger partial charge < -0.3 is 4.74 Å². The van der Waals surface area contributed by atoms with Crippen LogP contribution in [0.4, 0.5) is 5.69 Å². The molecule has 33 heavy (non-hydrogen) atoms. The molecule has 0 atom stereocenters. The molecule has 4 aromatic rings. The SMILES string of the molecule is Cc1nc(Oc2ccc(NS(=O)(=O)c3ccc(Cl)cc3)cc2)cc(-n2nc(C)c(C)c2C)n1. The van der Waals surface area contributed by atoms with Gasteiger partial charge in [-0.2, -0.15) is 10.1 Å². The number of nitrogens with zero attached hydrogens (tertiary/aromatic N) is 4. The Bertz CT molecular complexity index is 1420. The van der Waals surface area contributed by atoms with Gasteiger partial charge in [0.25, 0.3) is 10.0 Å². The lowest BCUT2D eigenvalue weighted by Crippen LogP contribution is -2.12. The summed E-state index contributed by atoms with van der Waals surface area (Å²) in [7, 11) is -3.73. The van der Waals surface area contributed by atoms with Crippen molar-refractivity contribution in [2.75, 3.05) is 4.72 Å². The van der Waals surface area contributed by atoms with Crippen molar-refractivity contribution in [2.24, 2.45) is 0 Å². The Kier molecular flexibility index (Phi) is 6.09. The number of hydrogen-bond acceptors (Lipinski definition) is 6. The van der Waals surface area contributed by atoms with Gasteiger partial charge in [0, 0.05) is 22.5 Å². The predicted molar refractivity (Wildman–Crippen MR) is 127 cm³/mol. The minimum absolute atomic E-state index is 0.121. The summed E-state index contributed by atoms with van der Waals surface area (Å²) in [4.78, 5) is 8.94. The van der Waals surface area contributed by atoms with Crippen molar-refractivity contribution in [2.45, 2.75) is 32.6 Å². The van der Waals surface area contributed by atoms with Gasteiger partial charge in [0.1, 0.15) is 11.6 Å². The first kappa shape index (κ1) is 22.8. The molecule has 2 aromatic heterocycles. The molecule has 0 fully saturated rings. The fraction of sp³-hybridized carbons (Fsp3) is 0.174. The van der Waals surface area contributed by atoms with Crippen molar-refractivity contribution in [3.8, 4) is 17.4 Å². The van der Waals surface area contributed by atoms with Gasteiger partial charge in [-0.25, -0.2) is 18.1 Å². The van der Waals surface area contributed by atoms with E-state index in [9.17, 15) is 8.42 Å². The summed E-state index contributed by atoms with van der Waals surface area (Å²) in [5, 5.41) is 5.01. The first-order valence-corrected chi connectivity index (χ1v) is 11.9. The van der Waals surface area contributed by atoms with E-state index in [2.05, 4.69) is 19.8 Å². The van der Waals surface area contributed by atoms with Gasteiger partial charge >= 0.3 is 0 Å². The van der Waals surface area contributed by atoms with Gasteiger partial charge in [0.2, 0.25) is 5.88 Å². The number of benzene rings is 2. The van der Waals surface area contributed by atoms with Crippen molar-refractivity contribution in [3.63, 3.8) is 0 Å². The van der Waals surface area contributed by atoms with E-state index in [4.69, 9.17) is 16.3 Å². The van der Waals surface area contributed by atoms with Crippen molar-refractivity contribution in [3.05, 3.63) is 82.4 Å². The molecule has 0 aliphatic carbocycles. The Hall–Kier alpha value is -3.43. The number of hydrogen-bond donors (Lipinski definition) is 1. The van der Waals surface area contributed by atoms with E-state index in [0.29, 0.717) is 34.0 Å². The average Bonchev–Trinajstić information content (AvgIpc) is 3.02. The smallest absolute Gasteiger partial charge is 0.261 e. The van der Waals surface area contributed by atoms with Gasteiger partial charge in [-0.3, -0.25) is 4.72 Å². The van der Waals surface area contributed by atoms with Crippen molar-refractivity contribution >= 4 is 27.3 Å². The first-order chi connectivity index (χ1) is 15.6.